The van der Waals surface area contributed by atoms with Crippen molar-refractivity contribution in [2.75, 3.05) is 6.61 Å². The Bertz CT molecular complexity index is 747. The predicted octanol–water partition coefficient (Wildman–Crippen LogP) is 7.96. The van der Waals surface area contributed by atoms with Crippen LogP contribution in [0.5, 0.6) is 5.75 Å². The molecule has 3 heteroatoms. The molecule has 0 N–H and O–H groups in total. The largest absolute Gasteiger partial charge is 0.493 e. The van der Waals surface area contributed by atoms with E-state index in [4.69, 9.17) is 9.15 Å². The number of unbranched alkanes of at least 4 members (excludes halogenated alkanes) is 13. The van der Waals surface area contributed by atoms with E-state index in [1.165, 1.54) is 89.5 Å². The minimum absolute atomic E-state index is 0.306. The van der Waals surface area contributed by atoms with Crippen LogP contribution < -0.4 is 10.4 Å². The molecule has 0 amide bonds. The van der Waals surface area contributed by atoms with E-state index in [2.05, 4.69) is 6.92 Å². The van der Waals surface area contributed by atoms with E-state index in [0.717, 1.165) is 29.7 Å². The number of benzene rings is 1. The Morgan fingerprint density at radius 1 is 0.759 bits per heavy atom. The monoisotopic (exact) mass is 400 g/mol. The third-order valence-electron chi connectivity index (χ3n) is 5.69. The van der Waals surface area contributed by atoms with Gasteiger partial charge in [-0.15, -0.1) is 0 Å². The van der Waals surface area contributed by atoms with Crippen LogP contribution >= 0.6 is 0 Å². The van der Waals surface area contributed by atoms with E-state index in [1.54, 1.807) is 0 Å². The lowest BCUT2D eigenvalue weighted by molar-refractivity contribution is 0.304. The molecule has 0 saturated heterocycles. The summed E-state index contributed by atoms with van der Waals surface area (Å²) in [5.41, 5.74) is 1.24. The standard InChI is InChI=1S/C26H40O3/c1-3-4-5-6-7-8-9-10-11-12-13-14-15-16-19-28-23-17-18-24-22(2)20-26(27)29-25(24)21-23/h17-18,20-21H,3-16,19H2,1-2H3. The average molecular weight is 401 g/mol. The second kappa shape index (κ2) is 14.3. The van der Waals surface area contributed by atoms with E-state index < -0.39 is 0 Å². The molecule has 0 bridgehead atoms. The molecule has 162 valence electrons. The number of aryl methyl sites for hydroxylation is 1. The topological polar surface area (TPSA) is 39.4 Å². The van der Waals surface area contributed by atoms with Crippen molar-refractivity contribution in [1.29, 1.82) is 0 Å². The minimum atomic E-state index is -0.306. The molecule has 0 fully saturated rings. The van der Waals surface area contributed by atoms with Crippen LogP contribution in [0.25, 0.3) is 11.0 Å². The summed E-state index contributed by atoms with van der Waals surface area (Å²) < 4.78 is 11.1. The number of ether oxygens (including phenoxy) is 1. The molecule has 2 rings (SSSR count). The molecule has 1 aromatic heterocycles. The highest BCUT2D eigenvalue weighted by atomic mass is 16.5. The first kappa shape index (κ1) is 23.5. The molecule has 0 aliphatic heterocycles. The highest BCUT2D eigenvalue weighted by molar-refractivity contribution is 5.81. The van der Waals surface area contributed by atoms with Crippen LogP contribution in [0.4, 0.5) is 0 Å². The van der Waals surface area contributed by atoms with Gasteiger partial charge in [0.15, 0.2) is 0 Å². The third kappa shape index (κ3) is 9.51. The van der Waals surface area contributed by atoms with Crippen LogP contribution in [-0.2, 0) is 0 Å². The summed E-state index contributed by atoms with van der Waals surface area (Å²) >= 11 is 0. The Hall–Kier alpha value is -1.77. The maximum absolute atomic E-state index is 11.5. The van der Waals surface area contributed by atoms with Gasteiger partial charge in [-0.2, -0.15) is 0 Å². The van der Waals surface area contributed by atoms with Crippen molar-refractivity contribution in [2.45, 2.75) is 104 Å². The van der Waals surface area contributed by atoms with Crippen LogP contribution in [0.15, 0.2) is 33.5 Å². The van der Waals surface area contributed by atoms with Crippen LogP contribution in [0, 0.1) is 6.92 Å². The summed E-state index contributed by atoms with van der Waals surface area (Å²) in [5.74, 6) is 0.779. The lowest BCUT2D eigenvalue weighted by Crippen LogP contribution is -2.00. The van der Waals surface area contributed by atoms with Gasteiger partial charge in [-0.25, -0.2) is 4.79 Å². The zero-order valence-electron chi connectivity index (χ0n) is 18.6. The van der Waals surface area contributed by atoms with E-state index in [9.17, 15) is 4.79 Å². The van der Waals surface area contributed by atoms with Crippen molar-refractivity contribution in [3.8, 4) is 5.75 Å². The zero-order valence-corrected chi connectivity index (χ0v) is 18.6. The van der Waals surface area contributed by atoms with Crippen molar-refractivity contribution in [1.82, 2.24) is 0 Å². The molecule has 0 aliphatic rings. The molecular weight excluding hydrogens is 360 g/mol. The van der Waals surface area contributed by atoms with Gasteiger partial charge in [0.25, 0.3) is 0 Å². The molecule has 0 spiro atoms. The zero-order chi connectivity index (χ0) is 20.7. The van der Waals surface area contributed by atoms with Gasteiger partial charge in [-0.1, -0.05) is 90.4 Å². The molecule has 29 heavy (non-hydrogen) atoms. The fraction of sp³-hybridized carbons (Fsp3) is 0.654. The quantitative estimate of drug-likeness (QED) is 0.212. The summed E-state index contributed by atoms with van der Waals surface area (Å²) in [4.78, 5) is 11.5. The van der Waals surface area contributed by atoms with Crippen LogP contribution in [-0.4, -0.2) is 6.61 Å². The van der Waals surface area contributed by atoms with Gasteiger partial charge in [-0.05, 0) is 31.0 Å². The van der Waals surface area contributed by atoms with Gasteiger partial charge < -0.3 is 9.15 Å². The highest BCUT2D eigenvalue weighted by Gasteiger charge is 2.04. The van der Waals surface area contributed by atoms with Crippen LogP contribution in [0.3, 0.4) is 0 Å². The van der Waals surface area contributed by atoms with E-state index >= 15 is 0 Å². The van der Waals surface area contributed by atoms with Crippen molar-refractivity contribution >= 4 is 11.0 Å². The Morgan fingerprint density at radius 2 is 1.31 bits per heavy atom. The van der Waals surface area contributed by atoms with Crippen LogP contribution in [0.2, 0.25) is 0 Å². The maximum Gasteiger partial charge on any atom is 0.336 e. The normalized spacial score (nSPS) is 11.2. The van der Waals surface area contributed by atoms with Crippen LogP contribution in [0.1, 0.15) is 102 Å². The second-order valence-corrected chi connectivity index (χ2v) is 8.35. The molecule has 2 aromatic rings. The first-order valence-electron chi connectivity index (χ1n) is 11.9. The Labute approximate surface area is 176 Å². The first-order chi connectivity index (χ1) is 14.2. The minimum Gasteiger partial charge on any atom is -0.493 e. The molecule has 0 atom stereocenters. The van der Waals surface area contributed by atoms with Crippen molar-refractivity contribution < 1.29 is 9.15 Å². The molecule has 0 radical (unpaired) electrons. The third-order valence-corrected chi connectivity index (χ3v) is 5.69. The molecule has 0 aliphatic carbocycles. The second-order valence-electron chi connectivity index (χ2n) is 8.35. The van der Waals surface area contributed by atoms with Crippen molar-refractivity contribution in [3.63, 3.8) is 0 Å². The number of hydrogen-bond acceptors (Lipinski definition) is 3. The summed E-state index contributed by atoms with van der Waals surface area (Å²) in [7, 11) is 0. The molecule has 1 heterocycles. The number of fused-ring (bicyclic) bond motifs is 1. The van der Waals surface area contributed by atoms with Gasteiger partial charge in [0.2, 0.25) is 0 Å². The Kier molecular flexibility index (Phi) is 11.6. The summed E-state index contributed by atoms with van der Waals surface area (Å²) in [6, 6.07) is 7.28. The van der Waals surface area contributed by atoms with Crippen molar-refractivity contribution in [3.05, 3.63) is 40.2 Å². The molecule has 0 unspecified atom stereocenters. The predicted molar refractivity (Wildman–Crippen MR) is 123 cm³/mol. The molecule has 3 nitrogen and oxygen atoms in total. The maximum atomic E-state index is 11.5. The fourth-order valence-electron chi connectivity index (χ4n) is 3.88. The van der Waals surface area contributed by atoms with Gasteiger partial charge in [0.1, 0.15) is 11.3 Å². The lowest BCUT2D eigenvalue weighted by atomic mass is 10.0. The molecule has 0 saturated carbocycles. The van der Waals surface area contributed by atoms with Gasteiger partial charge >= 0.3 is 5.63 Å². The van der Waals surface area contributed by atoms with E-state index in [0.29, 0.717) is 5.58 Å². The average Bonchev–Trinajstić information content (AvgIpc) is 2.70. The molecule has 1 aromatic carbocycles. The fourth-order valence-corrected chi connectivity index (χ4v) is 3.88. The lowest BCUT2D eigenvalue weighted by Gasteiger charge is -2.08. The molecular formula is C26H40O3. The number of rotatable bonds is 16. The Balaban J connectivity index is 1.45. The smallest absolute Gasteiger partial charge is 0.336 e. The van der Waals surface area contributed by atoms with Gasteiger partial charge in [0.05, 0.1) is 6.61 Å². The van der Waals surface area contributed by atoms with E-state index in [1.807, 2.05) is 25.1 Å². The SMILES string of the molecule is CCCCCCCCCCCCCCCCOc1ccc2c(C)cc(=O)oc2c1. The summed E-state index contributed by atoms with van der Waals surface area (Å²) in [6.07, 6.45) is 19.0. The van der Waals surface area contributed by atoms with E-state index in [-0.39, 0.29) is 5.63 Å². The summed E-state index contributed by atoms with van der Waals surface area (Å²) in [5, 5.41) is 0.966. The first-order valence-corrected chi connectivity index (χ1v) is 11.9. The van der Waals surface area contributed by atoms with Crippen molar-refractivity contribution in [2.24, 2.45) is 0 Å². The van der Waals surface area contributed by atoms with Gasteiger partial charge in [0, 0.05) is 17.5 Å². The summed E-state index contributed by atoms with van der Waals surface area (Å²) in [6.45, 7) is 4.92. The van der Waals surface area contributed by atoms with Gasteiger partial charge in [-0.3, -0.25) is 0 Å². The number of hydrogen-bond donors (Lipinski definition) is 0. The Morgan fingerprint density at radius 3 is 1.90 bits per heavy atom. The highest BCUT2D eigenvalue weighted by Crippen LogP contribution is 2.22.